The van der Waals surface area contributed by atoms with Gasteiger partial charge < -0.3 is 23.5 Å². The van der Waals surface area contributed by atoms with Gasteiger partial charge in [-0.1, -0.05) is 18.2 Å². The Balaban J connectivity index is 0.00000181. The molecule has 0 saturated heterocycles. The van der Waals surface area contributed by atoms with Crippen LogP contribution in [0.15, 0.2) is 60.7 Å². The molecule has 6 rings (SSSR count). The minimum atomic E-state index is 0. The van der Waals surface area contributed by atoms with Gasteiger partial charge in [-0.3, -0.25) is 0 Å². The molecule has 2 aliphatic rings. The van der Waals surface area contributed by atoms with Crippen LogP contribution >= 0.6 is 12.4 Å². The van der Waals surface area contributed by atoms with Gasteiger partial charge in [0.15, 0.2) is 23.0 Å². The zero-order chi connectivity index (χ0) is 18.5. The van der Waals surface area contributed by atoms with E-state index in [9.17, 15) is 0 Å². The van der Waals surface area contributed by atoms with Crippen molar-refractivity contribution in [1.29, 1.82) is 0 Å². The number of nitrogens with zero attached hydrogens (tertiary/aromatic N) is 2. The van der Waals surface area contributed by atoms with Crippen LogP contribution in [0.1, 0.15) is 5.56 Å². The average molecular weight is 409 g/mol. The lowest BCUT2D eigenvalue weighted by molar-refractivity contribution is 0.173. The van der Waals surface area contributed by atoms with Gasteiger partial charge in [-0.2, -0.15) is 0 Å². The highest BCUT2D eigenvalue weighted by Crippen LogP contribution is 2.37. The van der Waals surface area contributed by atoms with Gasteiger partial charge in [-0.05, 0) is 48.0 Å². The van der Waals surface area contributed by atoms with Gasteiger partial charge in [0.05, 0.1) is 11.0 Å². The first-order chi connectivity index (χ1) is 13.8. The summed E-state index contributed by atoms with van der Waals surface area (Å²) in [7, 11) is 0. The second kappa shape index (κ2) is 6.90. The standard InChI is InChI=1S/C22H16N2O4.ClH/c1-2-4-17-16(3-1)23-22(15-6-8-19-21(10-15)28-13-26-19)24(17)11-14-5-7-18-20(9-14)27-12-25-18;/h1-10H,11-13H2;1H. The van der Waals surface area contributed by atoms with E-state index < -0.39 is 0 Å². The minimum Gasteiger partial charge on any atom is -0.454 e. The molecule has 0 radical (unpaired) electrons. The number of hydrogen-bond donors (Lipinski definition) is 0. The van der Waals surface area contributed by atoms with E-state index in [2.05, 4.69) is 16.7 Å². The molecular formula is C22H17ClN2O4. The number of ether oxygens (including phenoxy) is 4. The van der Waals surface area contributed by atoms with Crippen LogP contribution in [-0.2, 0) is 6.54 Å². The Morgan fingerprint density at radius 3 is 2.28 bits per heavy atom. The first kappa shape index (κ1) is 17.7. The normalized spacial score (nSPS) is 13.5. The zero-order valence-electron chi connectivity index (χ0n) is 15.3. The van der Waals surface area contributed by atoms with Crippen molar-refractivity contribution in [2.75, 3.05) is 13.6 Å². The maximum absolute atomic E-state index is 5.55. The van der Waals surface area contributed by atoms with E-state index in [0.717, 1.165) is 51.0 Å². The van der Waals surface area contributed by atoms with E-state index in [1.54, 1.807) is 0 Å². The molecule has 2 aliphatic heterocycles. The lowest BCUT2D eigenvalue weighted by atomic mass is 10.1. The van der Waals surface area contributed by atoms with Crippen molar-refractivity contribution in [3.05, 3.63) is 66.2 Å². The molecule has 0 amide bonds. The third-order valence-electron chi connectivity index (χ3n) is 5.06. The van der Waals surface area contributed by atoms with Crippen molar-refractivity contribution >= 4 is 23.4 Å². The number of aromatic nitrogens is 2. The van der Waals surface area contributed by atoms with Crippen molar-refractivity contribution in [3.8, 4) is 34.4 Å². The predicted octanol–water partition coefficient (Wildman–Crippen LogP) is 4.63. The Kier molecular flexibility index (Phi) is 4.21. The molecule has 0 fully saturated rings. The van der Waals surface area contributed by atoms with E-state index in [1.165, 1.54) is 0 Å². The SMILES string of the molecule is Cl.c1ccc2c(c1)nc(-c1ccc3c(c1)OCO3)n2Cc1ccc2c(c1)OCO2. The summed E-state index contributed by atoms with van der Waals surface area (Å²) >= 11 is 0. The molecule has 3 heterocycles. The number of fused-ring (bicyclic) bond motifs is 3. The van der Waals surface area contributed by atoms with Crippen molar-refractivity contribution in [2.24, 2.45) is 0 Å². The van der Waals surface area contributed by atoms with Crippen molar-refractivity contribution < 1.29 is 18.9 Å². The predicted molar refractivity (Wildman–Crippen MR) is 110 cm³/mol. The summed E-state index contributed by atoms with van der Waals surface area (Å²) in [4.78, 5) is 4.89. The number of rotatable bonds is 3. The highest BCUT2D eigenvalue weighted by atomic mass is 35.5. The Morgan fingerprint density at radius 1 is 0.759 bits per heavy atom. The van der Waals surface area contributed by atoms with Crippen LogP contribution in [0.5, 0.6) is 23.0 Å². The van der Waals surface area contributed by atoms with E-state index in [4.69, 9.17) is 23.9 Å². The minimum absolute atomic E-state index is 0. The quantitative estimate of drug-likeness (QED) is 0.494. The van der Waals surface area contributed by atoms with Crippen molar-refractivity contribution in [3.63, 3.8) is 0 Å². The smallest absolute Gasteiger partial charge is 0.231 e. The van der Waals surface area contributed by atoms with Gasteiger partial charge in [0.1, 0.15) is 5.82 Å². The largest absolute Gasteiger partial charge is 0.454 e. The Morgan fingerprint density at radius 2 is 1.45 bits per heavy atom. The second-order valence-electron chi connectivity index (χ2n) is 6.77. The molecule has 29 heavy (non-hydrogen) atoms. The van der Waals surface area contributed by atoms with Gasteiger partial charge in [0, 0.05) is 12.1 Å². The molecule has 4 aromatic rings. The molecule has 0 bridgehead atoms. The molecule has 0 saturated carbocycles. The van der Waals surface area contributed by atoms with Crippen LogP contribution in [0.3, 0.4) is 0 Å². The second-order valence-corrected chi connectivity index (χ2v) is 6.77. The van der Waals surface area contributed by atoms with Crippen molar-refractivity contribution in [2.45, 2.75) is 6.54 Å². The molecule has 6 nitrogen and oxygen atoms in total. The number of imidazole rings is 1. The summed E-state index contributed by atoms with van der Waals surface area (Å²) in [5, 5.41) is 0. The lowest BCUT2D eigenvalue weighted by Gasteiger charge is -2.11. The Bertz CT molecular complexity index is 1220. The van der Waals surface area contributed by atoms with E-state index >= 15 is 0 Å². The first-order valence-corrected chi connectivity index (χ1v) is 9.09. The maximum Gasteiger partial charge on any atom is 0.231 e. The molecule has 146 valence electrons. The van der Waals surface area contributed by atoms with Gasteiger partial charge in [0.2, 0.25) is 13.6 Å². The summed E-state index contributed by atoms with van der Waals surface area (Å²) < 4.78 is 24.2. The highest BCUT2D eigenvalue weighted by molar-refractivity contribution is 5.85. The Labute approximate surface area is 173 Å². The zero-order valence-corrected chi connectivity index (χ0v) is 16.1. The van der Waals surface area contributed by atoms with Gasteiger partial charge in [-0.25, -0.2) is 4.98 Å². The topological polar surface area (TPSA) is 54.7 Å². The third kappa shape index (κ3) is 2.93. The molecule has 0 spiro atoms. The highest BCUT2D eigenvalue weighted by Gasteiger charge is 2.19. The van der Waals surface area contributed by atoms with Crippen LogP contribution in [0.2, 0.25) is 0 Å². The third-order valence-corrected chi connectivity index (χ3v) is 5.06. The number of benzene rings is 3. The van der Waals surface area contributed by atoms with E-state index in [1.807, 2.05) is 48.5 Å². The summed E-state index contributed by atoms with van der Waals surface area (Å²) in [6, 6.07) is 20.1. The summed E-state index contributed by atoms with van der Waals surface area (Å²) in [5.41, 5.74) is 4.14. The first-order valence-electron chi connectivity index (χ1n) is 9.09. The summed E-state index contributed by atoms with van der Waals surface area (Å²) in [6.07, 6.45) is 0. The fourth-order valence-corrected chi connectivity index (χ4v) is 3.71. The molecule has 1 aromatic heterocycles. The van der Waals surface area contributed by atoms with Gasteiger partial charge in [0.25, 0.3) is 0 Å². The van der Waals surface area contributed by atoms with Crippen LogP contribution in [0.25, 0.3) is 22.4 Å². The van der Waals surface area contributed by atoms with Crippen LogP contribution in [0, 0.1) is 0 Å². The molecule has 7 heteroatoms. The van der Waals surface area contributed by atoms with E-state index in [-0.39, 0.29) is 26.0 Å². The van der Waals surface area contributed by atoms with E-state index in [0.29, 0.717) is 6.54 Å². The average Bonchev–Trinajstić information content (AvgIpc) is 3.45. The van der Waals surface area contributed by atoms with Crippen molar-refractivity contribution in [1.82, 2.24) is 9.55 Å². The summed E-state index contributed by atoms with van der Waals surface area (Å²) in [5.74, 6) is 3.97. The fraction of sp³-hybridized carbons (Fsp3) is 0.136. The number of hydrogen-bond acceptors (Lipinski definition) is 5. The molecule has 0 N–H and O–H groups in total. The molecule has 0 aliphatic carbocycles. The Hall–Kier alpha value is -3.38. The summed E-state index contributed by atoms with van der Waals surface area (Å²) in [6.45, 7) is 1.20. The van der Waals surface area contributed by atoms with Crippen LogP contribution in [0.4, 0.5) is 0 Å². The lowest BCUT2D eigenvalue weighted by Crippen LogP contribution is -2.02. The molecule has 0 atom stereocenters. The maximum atomic E-state index is 5.55. The fourth-order valence-electron chi connectivity index (χ4n) is 3.71. The van der Waals surface area contributed by atoms with Crippen LogP contribution in [-0.4, -0.2) is 23.1 Å². The van der Waals surface area contributed by atoms with Gasteiger partial charge >= 0.3 is 0 Å². The molecule has 0 unspecified atom stereocenters. The van der Waals surface area contributed by atoms with Gasteiger partial charge in [-0.15, -0.1) is 12.4 Å². The number of para-hydroxylation sites is 2. The van der Waals surface area contributed by atoms with Crippen LogP contribution < -0.4 is 18.9 Å². The monoisotopic (exact) mass is 408 g/mol. The molecule has 3 aromatic carbocycles. The number of halogens is 1. The molecular weight excluding hydrogens is 392 g/mol.